The summed E-state index contributed by atoms with van der Waals surface area (Å²) in [7, 11) is 0. The van der Waals surface area contributed by atoms with Gasteiger partial charge in [-0.2, -0.15) is 0 Å². The van der Waals surface area contributed by atoms with Crippen LogP contribution in [0.5, 0.6) is 5.75 Å². The molecule has 0 aliphatic rings. The van der Waals surface area contributed by atoms with Gasteiger partial charge in [-0.05, 0) is 35.6 Å². The largest absolute Gasteiger partial charge is 0.508 e. The molecule has 2 rings (SSSR count). The number of rotatable bonds is 10. The fraction of sp³-hybridized carbons (Fsp3) is 0.348. The number of phenolic OH excluding ortho intramolecular Hbond substituents is 1. The SMILES string of the molecule is CC(C)C[C@@H](NC(=O)[C@H](Cc1ccc(O)cc1)NC(=O)OCc1ccccc1)C(=O)NO. The van der Waals surface area contributed by atoms with E-state index in [0.29, 0.717) is 12.0 Å². The summed E-state index contributed by atoms with van der Waals surface area (Å²) in [6.45, 7) is 3.77. The van der Waals surface area contributed by atoms with Gasteiger partial charge in [0.1, 0.15) is 24.4 Å². The Bertz CT molecular complexity index is 886. The number of carbonyl (C=O) groups is 3. The van der Waals surface area contributed by atoms with Crippen molar-refractivity contribution in [3.8, 4) is 5.75 Å². The second-order valence-electron chi connectivity index (χ2n) is 7.80. The molecular formula is C23H29N3O6. The topological polar surface area (TPSA) is 137 Å². The number of amides is 3. The van der Waals surface area contributed by atoms with Gasteiger partial charge in [-0.1, -0.05) is 56.3 Å². The Kier molecular flexibility index (Phi) is 9.49. The summed E-state index contributed by atoms with van der Waals surface area (Å²) in [5.74, 6) is -1.22. The molecule has 0 radical (unpaired) electrons. The number of benzene rings is 2. The second kappa shape index (κ2) is 12.3. The van der Waals surface area contributed by atoms with Crippen LogP contribution in [0, 0.1) is 5.92 Å². The fourth-order valence-corrected chi connectivity index (χ4v) is 3.04. The van der Waals surface area contributed by atoms with Gasteiger partial charge in [0.05, 0.1) is 0 Å². The Morgan fingerprint density at radius 3 is 2.12 bits per heavy atom. The second-order valence-corrected chi connectivity index (χ2v) is 7.80. The van der Waals surface area contributed by atoms with Gasteiger partial charge in [-0.15, -0.1) is 0 Å². The van der Waals surface area contributed by atoms with Crippen LogP contribution in [0.2, 0.25) is 0 Å². The van der Waals surface area contributed by atoms with Crippen LogP contribution in [0.1, 0.15) is 31.4 Å². The van der Waals surface area contributed by atoms with Crippen LogP contribution in [0.15, 0.2) is 54.6 Å². The van der Waals surface area contributed by atoms with Gasteiger partial charge in [0.25, 0.3) is 5.91 Å². The summed E-state index contributed by atoms with van der Waals surface area (Å²) in [6.07, 6.45) is -0.399. The van der Waals surface area contributed by atoms with Crippen molar-refractivity contribution in [1.29, 1.82) is 0 Å². The molecule has 32 heavy (non-hydrogen) atoms. The van der Waals surface area contributed by atoms with E-state index in [0.717, 1.165) is 5.56 Å². The maximum atomic E-state index is 12.9. The average molecular weight is 444 g/mol. The lowest BCUT2D eigenvalue weighted by molar-refractivity contribution is -0.135. The standard InChI is InChI=1S/C23H29N3O6/c1-15(2)12-19(22(29)26-31)24-21(28)20(13-16-8-10-18(27)11-9-16)25-23(30)32-14-17-6-4-3-5-7-17/h3-11,15,19-20,27,31H,12-14H2,1-2H3,(H,24,28)(H,25,30)(H,26,29)/t19-,20+/m1/s1. The van der Waals surface area contributed by atoms with E-state index >= 15 is 0 Å². The average Bonchev–Trinajstić information content (AvgIpc) is 2.78. The van der Waals surface area contributed by atoms with Gasteiger partial charge in [-0.3, -0.25) is 14.8 Å². The number of aromatic hydroxyl groups is 1. The first-order chi connectivity index (χ1) is 15.3. The zero-order valence-electron chi connectivity index (χ0n) is 18.1. The molecule has 2 aromatic rings. The van der Waals surface area contributed by atoms with E-state index in [4.69, 9.17) is 9.94 Å². The number of carbonyl (C=O) groups excluding carboxylic acids is 3. The summed E-state index contributed by atoms with van der Waals surface area (Å²) >= 11 is 0. The number of hydroxylamine groups is 1. The highest BCUT2D eigenvalue weighted by Gasteiger charge is 2.28. The molecule has 0 unspecified atom stereocenters. The monoisotopic (exact) mass is 443 g/mol. The van der Waals surface area contributed by atoms with E-state index in [1.807, 2.05) is 32.0 Å². The van der Waals surface area contributed by atoms with Gasteiger partial charge in [0, 0.05) is 6.42 Å². The Morgan fingerprint density at radius 2 is 1.53 bits per heavy atom. The van der Waals surface area contributed by atoms with E-state index in [1.165, 1.54) is 12.1 Å². The van der Waals surface area contributed by atoms with Crippen LogP contribution < -0.4 is 16.1 Å². The van der Waals surface area contributed by atoms with Crippen LogP contribution in [-0.2, 0) is 27.4 Å². The number of nitrogens with one attached hydrogen (secondary N) is 3. The Labute approximate surface area is 186 Å². The highest BCUT2D eigenvalue weighted by atomic mass is 16.5. The summed E-state index contributed by atoms with van der Waals surface area (Å²) in [6, 6.07) is 13.3. The van der Waals surface area contributed by atoms with Crippen LogP contribution in [0.25, 0.3) is 0 Å². The van der Waals surface area contributed by atoms with Crippen molar-refractivity contribution in [2.45, 2.75) is 45.4 Å². The minimum Gasteiger partial charge on any atom is -0.508 e. The molecule has 9 nitrogen and oxygen atoms in total. The van der Waals surface area contributed by atoms with Gasteiger partial charge >= 0.3 is 6.09 Å². The zero-order valence-corrected chi connectivity index (χ0v) is 18.1. The Balaban J connectivity index is 2.10. The molecule has 0 spiro atoms. The van der Waals surface area contributed by atoms with Crippen LogP contribution >= 0.6 is 0 Å². The predicted molar refractivity (Wildman–Crippen MR) is 117 cm³/mol. The normalized spacial score (nSPS) is 12.5. The van der Waals surface area contributed by atoms with Crippen LogP contribution in [0.4, 0.5) is 4.79 Å². The third-order valence-corrected chi connectivity index (χ3v) is 4.65. The van der Waals surface area contributed by atoms with Crippen molar-refractivity contribution in [2.24, 2.45) is 5.92 Å². The van der Waals surface area contributed by atoms with Gasteiger partial charge in [0.2, 0.25) is 5.91 Å². The first kappa shape index (κ1) is 24.7. The van der Waals surface area contributed by atoms with Crippen LogP contribution in [-0.4, -0.2) is 40.3 Å². The molecule has 0 aliphatic heterocycles. The molecule has 0 fully saturated rings. The molecule has 2 atom stereocenters. The van der Waals surface area contributed by atoms with Crippen molar-refractivity contribution in [2.75, 3.05) is 0 Å². The number of alkyl carbamates (subject to hydrolysis) is 1. The highest BCUT2D eigenvalue weighted by Crippen LogP contribution is 2.12. The maximum Gasteiger partial charge on any atom is 0.408 e. The summed E-state index contributed by atoms with van der Waals surface area (Å²) < 4.78 is 5.21. The van der Waals surface area contributed by atoms with Gasteiger partial charge in [0.15, 0.2) is 0 Å². The number of ether oxygens (including phenoxy) is 1. The smallest absolute Gasteiger partial charge is 0.408 e. The van der Waals surface area contributed by atoms with Crippen LogP contribution in [0.3, 0.4) is 0 Å². The molecule has 2 aromatic carbocycles. The maximum absolute atomic E-state index is 12.9. The van der Waals surface area contributed by atoms with Crippen molar-refractivity contribution >= 4 is 17.9 Å². The molecular weight excluding hydrogens is 414 g/mol. The summed E-state index contributed by atoms with van der Waals surface area (Å²) in [5, 5.41) is 23.6. The van der Waals surface area contributed by atoms with Crippen molar-refractivity contribution < 1.29 is 29.4 Å². The lowest BCUT2D eigenvalue weighted by Crippen LogP contribution is -2.54. The molecule has 9 heteroatoms. The third kappa shape index (κ3) is 8.27. The molecule has 0 saturated heterocycles. The number of phenols is 1. The molecule has 0 aliphatic carbocycles. The minimum absolute atomic E-state index is 0.0309. The Morgan fingerprint density at radius 1 is 0.875 bits per heavy atom. The summed E-state index contributed by atoms with van der Waals surface area (Å²) in [4.78, 5) is 37.3. The van der Waals surface area contributed by atoms with Gasteiger partial charge in [-0.25, -0.2) is 10.3 Å². The Hall–Kier alpha value is -3.59. The molecule has 0 bridgehead atoms. The predicted octanol–water partition coefficient (Wildman–Crippen LogP) is 2.27. The van der Waals surface area contributed by atoms with Crippen molar-refractivity contribution in [1.82, 2.24) is 16.1 Å². The quantitative estimate of drug-likeness (QED) is 0.282. The van der Waals surface area contributed by atoms with E-state index in [2.05, 4.69) is 10.6 Å². The lowest BCUT2D eigenvalue weighted by Gasteiger charge is -2.23. The number of hydrogen-bond acceptors (Lipinski definition) is 6. The van der Waals surface area contributed by atoms with E-state index < -0.39 is 30.0 Å². The lowest BCUT2D eigenvalue weighted by atomic mass is 10.0. The van der Waals surface area contributed by atoms with E-state index in [9.17, 15) is 19.5 Å². The first-order valence-corrected chi connectivity index (χ1v) is 10.3. The molecule has 0 saturated carbocycles. The molecule has 0 heterocycles. The highest BCUT2D eigenvalue weighted by molar-refractivity contribution is 5.91. The molecule has 5 N–H and O–H groups in total. The van der Waals surface area contributed by atoms with E-state index in [-0.39, 0.29) is 24.7 Å². The van der Waals surface area contributed by atoms with Crippen molar-refractivity contribution in [3.63, 3.8) is 0 Å². The summed E-state index contributed by atoms with van der Waals surface area (Å²) in [5.41, 5.74) is 3.03. The minimum atomic E-state index is -1.05. The number of hydrogen-bond donors (Lipinski definition) is 5. The van der Waals surface area contributed by atoms with Crippen molar-refractivity contribution in [3.05, 3.63) is 65.7 Å². The zero-order chi connectivity index (χ0) is 23.5. The van der Waals surface area contributed by atoms with E-state index in [1.54, 1.807) is 29.7 Å². The first-order valence-electron chi connectivity index (χ1n) is 10.3. The molecule has 172 valence electrons. The molecule has 0 aromatic heterocycles. The van der Waals surface area contributed by atoms with Gasteiger partial charge < -0.3 is 20.5 Å². The molecule has 3 amide bonds. The fourth-order valence-electron chi connectivity index (χ4n) is 3.04. The third-order valence-electron chi connectivity index (χ3n) is 4.65.